The Morgan fingerprint density at radius 1 is 0.900 bits per heavy atom. The van der Waals surface area contributed by atoms with Crippen molar-refractivity contribution in [2.75, 3.05) is 0 Å². The molecule has 0 atom stereocenters. The normalized spacial score (nSPS) is 10.1. The monoisotopic (exact) mass is 282 g/mol. The van der Waals surface area contributed by atoms with Crippen LogP contribution in [0.1, 0.15) is 94.9 Å². The Morgan fingerprint density at radius 2 is 1.25 bits per heavy atom. The van der Waals surface area contributed by atoms with E-state index in [0.29, 0.717) is 0 Å². The quantitative estimate of drug-likeness (QED) is 0.457. The summed E-state index contributed by atoms with van der Waals surface area (Å²) in [6.45, 7) is 24.5. The van der Waals surface area contributed by atoms with Crippen LogP contribution in [0.5, 0.6) is 0 Å². The van der Waals surface area contributed by atoms with Gasteiger partial charge in [-0.05, 0) is 47.5 Å². The van der Waals surface area contributed by atoms with Gasteiger partial charge in [0.25, 0.3) is 0 Å². The number of allylic oxidation sites excluding steroid dienone is 5. The fraction of sp³-hybridized carbons (Fsp3) is 0.700. The van der Waals surface area contributed by atoms with Crippen molar-refractivity contribution in [1.29, 1.82) is 0 Å². The summed E-state index contributed by atoms with van der Waals surface area (Å²) in [7, 11) is 0. The van der Waals surface area contributed by atoms with Crippen LogP contribution in [-0.4, -0.2) is 0 Å². The maximum atomic E-state index is 3.56. The Kier molecular flexibility index (Phi) is 36.8. The molecule has 0 aromatic rings. The molecular formula is C20H42. The van der Waals surface area contributed by atoms with E-state index in [0.717, 1.165) is 6.42 Å². The summed E-state index contributed by atoms with van der Waals surface area (Å²) in [6, 6.07) is 0. The smallest absolute Gasteiger partial charge is 0.0139 e. The lowest BCUT2D eigenvalue weighted by atomic mass is 10.1. The maximum Gasteiger partial charge on any atom is -0.0139 e. The second-order valence-electron chi connectivity index (χ2n) is 5.05. The average molecular weight is 283 g/mol. The molecule has 0 saturated heterocycles. The van der Waals surface area contributed by atoms with Crippen LogP contribution in [0.25, 0.3) is 0 Å². The molecule has 0 aliphatic heterocycles. The summed E-state index contributed by atoms with van der Waals surface area (Å²) in [5.41, 5.74) is 4.15. The minimum atomic E-state index is 1.13. The van der Waals surface area contributed by atoms with Gasteiger partial charge in [0.2, 0.25) is 0 Å². The zero-order valence-corrected chi connectivity index (χ0v) is 16.2. The van der Waals surface area contributed by atoms with Crippen molar-refractivity contribution in [1.82, 2.24) is 0 Å². The molecule has 0 saturated carbocycles. The zero-order valence-electron chi connectivity index (χ0n) is 16.2. The summed E-state index contributed by atoms with van der Waals surface area (Å²) < 4.78 is 0. The van der Waals surface area contributed by atoms with Crippen molar-refractivity contribution in [3.8, 4) is 0 Å². The zero-order chi connectivity index (χ0) is 17.0. The van der Waals surface area contributed by atoms with E-state index in [-0.39, 0.29) is 0 Å². The molecule has 0 aliphatic carbocycles. The minimum absolute atomic E-state index is 1.13. The third kappa shape index (κ3) is 53.3. The average Bonchev–Trinajstić information content (AvgIpc) is 2.39. The van der Waals surface area contributed by atoms with E-state index in [1.54, 1.807) is 0 Å². The fourth-order valence-electron chi connectivity index (χ4n) is 0.949. The van der Waals surface area contributed by atoms with E-state index in [4.69, 9.17) is 0 Å². The van der Waals surface area contributed by atoms with E-state index in [9.17, 15) is 0 Å². The highest BCUT2D eigenvalue weighted by atomic mass is 13.9. The van der Waals surface area contributed by atoms with Crippen LogP contribution in [0.2, 0.25) is 0 Å². The van der Waals surface area contributed by atoms with Gasteiger partial charge in [-0.25, -0.2) is 0 Å². The molecule has 0 fully saturated rings. The highest BCUT2D eigenvalue weighted by Crippen LogP contribution is 2.08. The fourth-order valence-corrected chi connectivity index (χ4v) is 0.949. The Labute approximate surface area is 131 Å². The molecule has 0 aromatic heterocycles. The molecule has 0 radical (unpaired) electrons. The highest BCUT2D eigenvalue weighted by molar-refractivity contribution is 5.07. The van der Waals surface area contributed by atoms with Crippen molar-refractivity contribution in [3.63, 3.8) is 0 Å². The molecule has 122 valence electrons. The molecule has 0 aromatic carbocycles. The van der Waals surface area contributed by atoms with E-state index in [1.165, 1.54) is 36.0 Å². The maximum absolute atomic E-state index is 3.56. The van der Waals surface area contributed by atoms with Crippen molar-refractivity contribution >= 4 is 0 Å². The predicted octanol–water partition coefficient (Wildman–Crippen LogP) is 8.11. The lowest BCUT2D eigenvalue weighted by molar-refractivity contribution is 0.897. The molecule has 0 unspecified atom stereocenters. The molecule has 0 amide bonds. The molecular weight excluding hydrogens is 240 g/mol. The van der Waals surface area contributed by atoms with E-state index in [1.807, 2.05) is 27.7 Å². The van der Waals surface area contributed by atoms with Crippen molar-refractivity contribution in [2.45, 2.75) is 94.9 Å². The molecule has 0 heterocycles. The molecule has 0 rings (SSSR count). The summed E-state index contributed by atoms with van der Waals surface area (Å²) in [5.74, 6) is 0. The standard InChI is InChI=1S/C11H20.C4H8.C3H8.C2H6/c1-5-7-11(4)9-8-10(3)6-2;1-4(2)3;1-3-2;1-2/h6,9H,5,7-8H2,1-4H3;1H2,2-3H3;3H2,1-2H3;1-2H3/b10-6-,11-9-;;;. The van der Waals surface area contributed by atoms with E-state index in [2.05, 4.69) is 60.3 Å². The van der Waals surface area contributed by atoms with Gasteiger partial charge in [0.1, 0.15) is 0 Å². The summed E-state index contributed by atoms with van der Waals surface area (Å²) in [4.78, 5) is 0. The third-order valence-corrected chi connectivity index (χ3v) is 1.91. The number of hydrogen-bond acceptors (Lipinski definition) is 0. The Bertz CT molecular complexity index is 224. The highest BCUT2D eigenvalue weighted by Gasteiger charge is 1.87. The molecule has 0 N–H and O–H groups in total. The topological polar surface area (TPSA) is 0 Å². The second kappa shape index (κ2) is 26.7. The van der Waals surface area contributed by atoms with Gasteiger partial charge in [-0.1, -0.05) is 76.3 Å². The minimum Gasteiger partial charge on any atom is -0.100 e. The first-order valence-electron chi connectivity index (χ1n) is 8.24. The third-order valence-electron chi connectivity index (χ3n) is 1.91. The van der Waals surface area contributed by atoms with Crippen molar-refractivity contribution < 1.29 is 0 Å². The van der Waals surface area contributed by atoms with Crippen LogP contribution in [0.3, 0.4) is 0 Å². The van der Waals surface area contributed by atoms with Crippen molar-refractivity contribution in [3.05, 3.63) is 35.5 Å². The van der Waals surface area contributed by atoms with Crippen LogP contribution in [0, 0.1) is 0 Å². The first kappa shape index (κ1) is 27.5. The number of rotatable bonds is 4. The van der Waals surface area contributed by atoms with Crippen LogP contribution >= 0.6 is 0 Å². The summed E-state index contributed by atoms with van der Waals surface area (Å²) in [6.07, 6.45) is 9.39. The Balaban J connectivity index is -0.000000118. The largest absolute Gasteiger partial charge is 0.100 e. The van der Waals surface area contributed by atoms with E-state index >= 15 is 0 Å². The molecule has 20 heavy (non-hydrogen) atoms. The van der Waals surface area contributed by atoms with Crippen LogP contribution in [0.15, 0.2) is 35.5 Å². The van der Waals surface area contributed by atoms with Gasteiger partial charge in [0.15, 0.2) is 0 Å². The van der Waals surface area contributed by atoms with Crippen LogP contribution in [0.4, 0.5) is 0 Å². The van der Waals surface area contributed by atoms with Gasteiger partial charge in [0, 0.05) is 0 Å². The van der Waals surface area contributed by atoms with Gasteiger partial charge < -0.3 is 0 Å². The van der Waals surface area contributed by atoms with Gasteiger partial charge >= 0.3 is 0 Å². The van der Waals surface area contributed by atoms with Crippen LogP contribution in [-0.2, 0) is 0 Å². The second-order valence-corrected chi connectivity index (χ2v) is 5.05. The molecule has 0 heteroatoms. The first-order valence-corrected chi connectivity index (χ1v) is 8.24. The van der Waals surface area contributed by atoms with E-state index < -0.39 is 0 Å². The van der Waals surface area contributed by atoms with Crippen LogP contribution < -0.4 is 0 Å². The summed E-state index contributed by atoms with van der Waals surface area (Å²) >= 11 is 0. The molecule has 0 aliphatic rings. The summed E-state index contributed by atoms with van der Waals surface area (Å²) in [5, 5.41) is 0. The molecule has 0 nitrogen and oxygen atoms in total. The van der Waals surface area contributed by atoms with Crippen molar-refractivity contribution in [2.24, 2.45) is 0 Å². The van der Waals surface area contributed by atoms with Gasteiger partial charge in [-0.3, -0.25) is 0 Å². The Morgan fingerprint density at radius 3 is 1.50 bits per heavy atom. The number of hydrogen-bond donors (Lipinski definition) is 0. The lowest BCUT2D eigenvalue weighted by Crippen LogP contribution is -1.77. The van der Waals surface area contributed by atoms with Gasteiger partial charge in [0.05, 0.1) is 0 Å². The molecule has 0 bridgehead atoms. The van der Waals surface area contributed by atoms with Gasteiger partial charge in [-0.15, -0.1) is 6.58 Å². The Hall–Kier alpha value is -0.780. The first-order chi connectivity index (χ1) is 9.35. The predicted molar refractivity (Wildman–Crippen MR) is 101 cm³/mol. The molecule has 0 spiro atoms. The SMILES string of the molecule is C/C=C(/C)C/C=C(/C)CCC.C=C(C)C.CC.CCC. The van der Waals surface area contributed by atoms with Gasteiger partial charge in [-0.2, -0.15) is 0 Å². The lowest BCUT2D eigenvalue weighted by Gasteiger charge is -1.98.